The summed E-state index contributed by atoms with van der Waals surface area (Å²) < 4.78 is 1.60. The fourth-order valence-corrected chi connectivity index (χ4v) is 3.31. The van der Waals surface area contributed by atoms with E-state index < -0.39 is 0 Å². The van der Waals surface area contributed by atoms with Crippen LogP contribution < -0.4 is 5.32 Å². The van der Waals surface area contributed by atoms with Crippen molar-refractivity contribution in [3.8, 4) is 0 Å². The number of nitrogens with zero attached hydrogens (tertiary/aromatic N) is 2. The van der Waals surface area contributed by atoms with E-state index in [0.717, 1.165) is 32.4 Å². The number of aromatic nitrogens is 2. The molecule has 3 rings (SSSR count). The van der Waals surface area contributed by atoms with Gasteiger partial charge in [0, 0.05) is 13.0 Å². The molecule has 5 heteroatoms. The summed E-state index contributed by atoms with van der Waals surface area (Å²) >= 11 is 6.02. The molecular formula is C12H16ClN3O. The maximum absolute atomic E-state index is 12.4. The smallest absolute Gasteiger partial charge is 0.186 e. The van der Waals surface area contributed by atoms with Gasteiger partial charge < -0.3 is 5.32 Å². The molecule has 2 fully saturated rings. The second kappa shape index (κ2) is 3.82. The van der Waals surface area contributed by atoms with Crippen LogP contribution in [0.15, 0.2) is 6.20 Å². The van der Waals surface area contributed by atoms with E-state index in [0.29, 0.717) is 10.7 Å². The van der Waals surface area contributed by atoms with Crippen molar-refractivity contribution >= 4 is 17.4 Å². The molecule has 0 amide bonds. The van der Waals surface area contributed by atoms with E-state index in [2.05, 4.69) is 10.4 Å². The highest BCUT2D eigenvalue weighted by Crippen LogP contribution is 2.59. The van der Waals surface area contributed by atoms with Gasteiger partial charge in [-0.2, -0.15) is 5.10 Å². The largest absolute Gasteiger partial charge is 0.317 e. The first-order chi connectivity index (χ1) is 8.14. The van der Waals surface area contributed by atoms with Crippen molar-refractivity contribution in [1.29, 1.82) is 0 Å². The molecule has 2 heterocycles. The molecule has 1 aromatic heterocycles. The van der Waals surface area contributed by atoms with Crippen LogP contribution >= 0.6 is 11.6 Å². The second-order valence-electron chi connectivity index (χ2n) is 5.20. The summed E-state index contributed by atoms with van der Waals surface area (Å²) in [6, 6.07) is 0. The molecule has 92 valence electrons. The molecule has 0 aromatic carbocycles. The average Bonchev–Trinajstić information content (AvgIpc) is 2.90. The van der Waals surface area contributed by atoms with Gasteiger partial charge in [-0.3, -0.25) is 9.48 Å². The molecule has 1 unspecified atom stereocenters. The van der Waals surface area contributed by atoms with E-state index in [1.807, 2.05) is 0 Å². The number of hydrogen-bond donors (Lipinski definition) is 1. The van der Waals surface area contributed by atoms with Crippen LogP contribution in [0.1, 0.15) is 29.8 Å². The molecule has 2 aliphatic rings. The lowest BCUT2D eigenvalue weighted by Gasteiger charge is -2.23. The number of carbonyl (C=O) groups excluding carboxylic acids is 1. The molecule has 4 nitrogen and oxygen atoms in total. The van der Waals surface area contributed by atoms with Crippen LogP contribution in [0.4, 0.5) is 0 Å². The summed E-state index contributed by atoms with van der Waals surface area (Å²) in [4.78, 5) is 12.4. The fourth-order valence-electron chi connectivity index (χ4n) is 3.05. The van der Waals surface area contributed by atoms with Gasteiger partial charge in [-0.05, 0) is 37.8 Å². The van der Waals surface area contributed by atoms with Crippen molar-refractivity contribution in [2.24, 2.45) is 18.4 Å². The van der Waals surface area contributed by atoms with E-state index in [1.54, 1.807) is 17.9 Å². The van der Waals surface area contributed by atoms with Crippen LogP contribution in [0.3, 0.4) is 0 Å². The van der Waals surface area contributed by atoms with Gasteiger partial charge in [0.25, 0.3) is 0 Å². The molecule has 0 bridgehead atoms. The Bertz CT molecular complexity index is 443. The van der Waals surface area contributed by atoms with E-state index in [-0.39, 0.29) is 17.1 Å². The van der Waals surface area contributed by atoms with Crippen molar-refractivity contribution < 1.29 is 4.79 Å². The predicted molar refractivity (Wildman–Crippen MR) is 65.2 cm³/mol. The number of hydrogen-bond acceptors (Lipinski definition) is 3. The first kappa shape index (κ1) is 11.2. The molecule has 1 saturated heterocycles. The Hall–Kier alpha value is -0.870. The lowest BCUT2D eigenvalue weighted by Crippen LogP contribution is -2.31. The zero-order valence-corrected chi connectivity index (χ0v) is 10.6. The molecule has 1 atom stereocenters. The molecule has 1 aliphatic heterocycles. The molecule has 1 saturated carbocycles. The summed E-state index contributed by atoms with van der Waals surface area (Å²) in [5.74, 6) is 0.342. The van der Waals surface area contributed by atoms with Crippen molar-refractivity contribution in [2.75, 3.05) is 13.1 Å². The Morgan fingerprint density at radius 3 is 2.88 bits per heavy atom. The zero-order chi connectivity index (χ0) is 12.0. The SMILES string of the molecule is Cn1ncc(Cl)c1C(=O)C1CC12CCNCC2. The highest BCUT2D eigenvalue weighted by Gasteiger charge is 2.58. The van der Waals surface area contributed by atoms with Gasteiger partial charge in [0.1, 0.15) is 5.69 Å². The Balaban J connectivity index is 1.81. The van der Waals surface area contributed by atoms with Gasteiger partial charge in [-0.1, -0.05) is 11.6 Å². The number of piperidine rings is 1. The van der Waals surface area contributed by atoms with Gasteiger partial charge in [0.2, 0.25) is 0 Å². The van der Waals surface area contributed by atoms with Crippen LogP contribution in [0.2, 0.25) is 5.02 Å². The van der Waals surface area contributed by atoms with Crippen molar-refractivity contribution in [1.82, 2.24) is 15.1 Å². The lowest BCUT2D eigenvalue weighted by atomic mass is 9.90. The minimum absolute atomic E-state index is 0.164. The first-order valence-electron chi connectivity index (χ1n) is 6.06. The van der Waals surface area contributed by atoms with Crippen LogP contribution in [0, 0.1) is 11.3 Å². The van der Waals surface area contributed by atoms with Crippen molar-refractivity contribution in [2.45, 2.75) is 19.3 Å². The molecule has 1 aromatic rings. The number of aryl methyl sites for hydroxylation is 1. The molecule has 0 radical (unpaired) electrons. The molecule has 17 heavy (non-hydrogen) atoms. The Morgan fingerprint density at radius 2 is 2.29 bits per heavy atom. The van der Waals surface area contributed by atoms with Crippen molar-refractivity contribution in [3.63, 3.8) is 0 Å². The summed E-state index contributed by atoms with van der Waals surface area (Å²) in [6.45, 7) is 2.06. The van der Waals surface area contributed by atoms with Gasteiger partial charge in [-0.25, -0.2) is 0 Å². The Morgan fingerprint density at radius 1 is 1.59 bits per heavy atom. The fraction of sp³-hybridized carbons (Fsp3) is 0.667. The summed E-state index contributed by atoms with van der Waals surface area (Å²) in [6.07, 6.45) is 4.79. The molecule has 1 spiro atoms. The summed E-state index contributed by atoms with van der Waals surface area (Å²) in [7, 11) is 1.77. The quantitative estimate of drug-likeness (QED) is 0.816. The van der Waals surface area contributed by atoms with Crippen LogP contribution in [0.5, 0.6) is 0 Å². The minimum atomic E-state index is 0.164. The van der Waals surface area contributed by atoms with Gasteiger partial charge >= 0.3 is 0 Å². The number of Topliss-reactive ketones (excluding diaryl/α,β-unsaturated/α-hetero) is 1. The lowest BCUT2D eigenvalue weighted by molar-refractivity contribution is 0.0931. The topological polar surface area (TPSA) is 46.9 Å². The summed E-state index contributed by atoms with van der Waals surface area (Å²) in [5.41, 5.74) is 0.836. The van der Waals surface area contributed by atoms with Gasteiger partial charge in [0.15, 0.2) is 5.78 Å². The highest BCUT2D eigenvalue weighted by atomic mass is 35.5. The maximum atomic E-state index is 12.4. The van der Waals surface area contributed by atoms with Gasteiger partial charge in [-0.15, -0.1) is 0 Å². The van der Waals surface area contributed by atoms with E-state index in [4.69, 9.17) is 11.6 Å². The normalized spacial score (nSPS) is 26.1. The standard InChI is InChI=1S/C12H16ClN3O/c1-16-10(9(13)7-15-16)11(17)8-6-12(8)2-4-14-5-3-12/h7-8,14H,2-6H2,1H3. The molecule has 1 N–H and O–H groups in total. The second-order valence-corrected chi connectivity index (χ2v) is 5.61. The predicted octanol–water partition coefficient (Wildman–Crippen LogP) is 1.65. The Kier molecular flexibility index (Phi) is 2.52. The number of rotatable bonds is 2. The monoisotopic (exact) mass is 253 g/mol. The van der Waals surface area contributed by atoms with Gasteiger partial charge in [0.05, 0.1) is 11.2 Å². The Labute approximate surface area is 105 Å². The third-order valence-electron chi connectivity index (χ3n) is 4.23. The number of halogens is 1. The minimum Gasteiger partial charge on any atom is -0.317 e. The van der Waals surface area contributed by atoms with E-state index in [1.165, 1.54) is 0 Å². The first-order valence-corrected chi connectivity index (χ1v) is 6.44. The van der Waals surface area contributed by atoms with Crippen LogP contribution in [0.25, 0.3) is 0 Å². The number of ketones is 1. The third-order valence-corrected chi connectivity index (χ3v) is 4.51. The average molecular weight is 254 g/mol. The molecule has 1 aliphatic carbocycles. The molecular weight excluding hydrogens is 238 g/mol. The van der Waals surface area contributed by atoms with Crippen molar-refractivity contribution in [3.05, 3.63) is 16.9 Å². The van der Waals surface area contributed by atoms with Crippen LogP contribution in [-0.4, -0.2) is 28.7 Å². The highest BCUT2D eigenvalue weighted by molar-refractivity contribution is 6.33. The number of carbonyl (C=O) groups is 1. The van der Waals surface area contributed by atoms with E-state index in [9.17, 15) is 4.79 Å². The van der Waals surface area contributed by atoms with E-state index >= 15 is 0 Å². The number of nitrogens with one attached hydrogen (secondary N) is 1. The summed E-state index contributed by atoms with van der Waals surface area (Å²) in [5, 5.41) is 7.86. The zero-order valence-electron chi connectivity index (χ0n) is 9.87. The van der Waals surface area contributed by atoms with Crippen LogP contribution in [-0.2, 0) is 7.05 Å². The third kappa shape index (κ3) is 1.70. The maximum Gasteiger partial charge on any atom is 0.186 e.